The van der Waals surface area contributed by atoms with Crippen molar-refractivity contribution in [3.05, 3.63) is 47.5 Å². The van der Waals surface area contributed by atoms with E-state index in [-0.39, 0.29) is 15.6 Å². The standard InChI is InChI=1S/C17H16N2O5S2/c1-3-24-11-5-7-14-15(8-11)25-17(18-14)19-26(22,23)12-6-4-10(2)13(9-12)16(20)21/h4-9H,3H2,1-2H3,(H,18,19)(H,20,21)/p-1. The minimum atomic E-state index is -3.98. The number of thiazole rings is 1. The second-order valence-electron chi connectivity index (χ2n) is 5.45. The van der Waals surface area contributed by atoms with Crippen LogP contribution in [0.3, 0.4) is 0 Å². The summed E-state index contributed by atoms with van der Waals surface area (Å²) in [5.74, 6) is -0.752. The zero-order valence-electron chi connectivity index (χ0n) is 14.0. The Balaban J connectivity index is 1.93. The number of aryl methyl sites for hydroxylation is 1. The summed E-state index contributed by atoms with van der Waals surface area (Å²) in [7, 11) is -3.98. The third-order valence-electron chi connectivity index (χ3n) is 3.63. The molecule has 1 aromatic heterocycles. The number of carbonyl (C=O) groups excluding carboxylic acids is 1. The molecule has 26 heavy (non-hydrogen) atoms. The lowest BCUT2D eigenvalue weighted by Crippen LogP contribution is -2.24. The van der Waals surface area contributed by atoms with Gasteiger partial charge in [-0.25, -0.2) is 13.4 Å². The van der Waals surface area contributed by atoms with E-state index in [1.165, 1.54) is 12.1 Å². The number of carboxylic acid groups (broad SMARTS) is 1. The first kappa shape index (κ1) is 18.2. The van der Waals surface area contributed by atoms with Gasteiger partial charge in [-0.15, -0.1) is 0 Å². The van der Waals surface area contributed by atoms with Crippen molar-refractivity contribution in [2.75, 3.05) is 11.3 Å². The molecule has 1 N–H and O–H groups in total. The normalized spacial score (nSPS) is 11.5. The summed E-state index contributed by atoms with van der Waals surface area (Å²) in [4.78, 5) is 15.2. The van der Waals surface area contributed by atoms with Gasteiger partial charge in [0, 0.05) is 5.56 Å². The molecular formula is C17H15N2O5S2-. The maximum atomic E-state index is 12.6. The van der Waals surface area contributed by atoms with Gasteiger partial charge in [0.05, 0.1) is 27.7 Å². The Morgan fingerprint density at radius 2 is 2.04 bits per heavy atom. The lowest BCUT2D eigenvalue weighted by molar-refractivity contribution is -0.255. The molecule has 2 aromatic carbocycles. The Morgan fingerprint density at radius 1 is 1.27 bits per heavy atom. The maximum Gasteiger partial charge on any atom is 0.263 e. The Labute approximate surface area is 154 Å². The number of nitrogens with one attached hydrogen (secondary N) is 1. The molecule has 0 unspecified atom stereocenters. The molecule has 0 atom stereocenters. The van der Waals surface area contributed by atoms with E-state index in [1.54, 1.807) is 25.1 Å². The zero-order valence-corrected chi connectivity index (χ0v) is 15.6. The topological polar surface area (TPSA) is 108 Å². The van der Waals surface area contributed by atoms with Gasteiger partial charge >= 0.3 is 0 Å². The number of carbonyl (C=O) groups is 1. The molecule has 0 spiro atoms. The summed E-state index contributed by atoms with van der Waals surface area (Å²) in [5, 5.41) is 11.3. The van der Waals surface area contributed by atoms with Gasteiger partial charge in [-0.3, -0.25) is 4.72 Å². The van der Waals surface area contributed by atoms with Gasteiger partial charge in [0.25, 0.3) is 10.0 Å². The van der Waals surface area contributed by atoms with Crippen LogP contribution in [-0.2, 0) is 10.0 Å². The summed E-state index contributed by atoms with van der Waals surface area (Å²) >= 11 is 1.16. The molecule has 0 radical (unpaired) electrons. The van der Waals surface area contributed by atoms with Crippen molar-refractivity contribution in [3.8, 4) is 5.75 Å². The maximum absolute atomic E-state index is 12.6. The van der Waals surface area contributed by atoms with E-state index >= 15 is 0 Å². The fraction of sp³-hybridized carbons (Fsp3) is 0.176. The number of nitrogens with zero attached hydrogens (tertiary/aromatic N) is 1. The van der Waals surface area contributed by atoms with Crippen molar-refractivity contribution in [1.29, 1.82) is 0 Å². The van der Waals surface area contributed by atoms with Gasteiger partial charge < -0.3 is 14.6 Å². The average Bonchev–Trinajstić information content (AvgIpc) is 2.95. The van der Waals surface area contributed by atoms with Gasteiger partial charge in [0.15, 0.2) is 5.13 Å². The smallest absolute Gasteiger partial charge is 0.263 e. The average molecular weight is 391 g/mol. The Kier molecular flexibility index (Phi) is 4.84. The molecule has 1 heterocycles. The molecular weight excluding hydrogens is 376 g/mol. The molecule has 0 amide bonds. The number of aromatic carboxylic acids is 1. The molecule has 0 fully saturated rings. The molecule has 0 aliphatic heterocycles. The fourth-order valence-electron chi connectivity index (χ4n) is 2.37. The number of ether oxygens (including phenoxy) is 1. The predicted octanol–water partition coefficient (Wildman–Crippen LogP) is 2.17. The zero-order chi connectivity index (χ0) is 18.9. The van der Waals surface area contributed by atoms with Crippen molar-refractivity contribution in [3.63, 3.8) is 0 Å². The lowest BCUT2D eigenvalue weighted by atomic mass is 10.1. The van der Waals surface area contributed by atoms with E-state index in [4.69, 9.17) is 4.74 Å². The summed E-state index contributed by atoms with van der Waals surface area (Å²) < 4.78 is 33.7. The number of rotatable bonds is 6. The van der Waals surface area contributed by atoms with E-state index in [9.17, 15) is 18.3 Å². The van der Waals surface area contributed by atoms with Crippen molar-refractivity contribution in [2.24, 2.45) is 0 Å². The highest BCUT2D eigenvalue weighted by atomic mass is 32.2. The van der Waals surface area contributed by atoms with Gasteiger partial charge in [0.2, 0.25) is 0 Å². The molecule has 0 bridgehead atoms. The minimum absolute atomic E-state index is 0.168. The lowest BCUT2D eigenvalue weighted by Gasteiger charge is -2.10. The molecule has 136 valence electrons. The highest BCUT2D eigenvalue weighted by molar-refractivity contribution is 7.93. The Hall–Kier alpha value is -2.65. The third kappa shape index (κ3) is 3.63. The van der Waals surface area contributed by atoms with E-state index in [1.807, 2.05) is 6.92 Å². The van der Waals surface area contributed by atoms with E-state index in [0.717, 1.165) is 22.1 Å². The van der Waals surface area contributed by atoms with Gasteiger partial charge in [0.1, 0.15) is 5.75 Å². The van der Waals surface area contributed by atoms with Crippen LogP contribution in [-0.4, -0.2) is 26.0 Å². The van der Waals surface area contributed by atoms with Crippen LogP contribution in [0.4, 0.5) is 5.13 Å². The van der Waals surface area contributed by atoms with Crippen LogP contribution in [0.25, 0.3) is 10.2 Å². The summed E-state index contributed by atoms with van der Waals surface area (Å²) in [6, 6.07) is 9.13. The second-order valence-corrected chi connectivity index (χ2v) is 8.16. The second kappa shape index (κ2) is 6.93. The Bertz CT molecular complexity index is 1090. The number of fused-ring (bicyclic) bond motifs is 1. The molecule has 7 nitrogen and oxygen atoms in total. The molecule has 3 aromatic rings. The van der Waals surface area contributed by atoms with Crippen molar-refractivity contribution >= 4 is 42.7 Å². The molecule has 0 aliphatic rings. The number of hydrogen-bond acceptors (Lipinski definition) is 7. The molecule has 0 saturated heterocycles. The SMILES string of the molecule is CCOc1ccc2nc(NS(=O)(=O)c3ccc(C)c(C(=O)[O-])c3)sc2c1. The number of anilines is 1. The minimum Gasteiger partial charge on any atom is -0.545 e. The highest BCUT2D eigenvalue weighted by Crippen LogP contribution is 2.30. The van der Waals surface area contributed by atoms with E-state index in [2.05, 4.69) is 9.71 Å². The molecule has 0 saturated carbocycles. The van der Waals surface area contributed by atoms with Crippen LogP contribution in [0, 0.1) is 6.92 Å². The van der Waals surface area contributed by atoms with Crippen LogP contribution >= 0.6 is 11.3 Å². The number of hydrogen-bond donors (Lipinski definition) is 1. The van der Waals surface area contributed by atoms with E-state index < -0.39 is 16.0 Å². The van der Waals surface area contributed by atoms with Gasteiger partial charge in [-0.05, 0) is 49.7 Å². The van der Waals surface area contributed by atoms with Crippen molar-refractivity contribution in [1.82, 2.24) is 4.98 Å². The van der Waals surface area contributed by atoms with Crippen LogP contribution in [0.15, 0.2) is 41.3 Å². The Morgan fingerprint density at radius 3 is 2.73 bits per heavy atom. The first-order chi connectivity index (χ1) is 12.3. The highest BCUT2D eigenvalue weighted by Gasteiger charge is 2.18. The van der Waals surface area contributed by atoms with Crippen molar-refractivity contribution < 1.29 is 23.1 Å². The number of benzene rings is 2. The largest absolute Gasteiger partial charge is 0.545 e. The van der Waals surface area contributed by atoms with Crippen molar-refractivity contribution in [2.45, 2.75) is 18.7 Å². The number of sulfonamides is 1. The first-order valence-corrected chi connectivity index (χ1v) is 9.98. The third-order valence-corrected chi connectivity index (χ3v) is 6.03. The molecule has 9 heteroatoms. The molecule has 3 rings (SSSR count). The molecule has 0 aliphatic carbocycles. The van der Waals surface area contributed by atoms with E-state index in [0.29, 0.717) is 23.4 Å². The first-order valence-electron chi connectivity index (χ1n) is 7.68. The summed E-state index contributed by atoms with van der Waals surface area (Å²) in [6.07, 6.45) is 0. The predicted molar refractivity (Wildman–Crippen MR) is 97.1 cm³/mol. The quantitative estimate of drug-likeness (QED) is 0.690. The van der Waals surface area contributed by atoms with Crippen LogP contribution in [0.5, 0.6) is 5.75 Å². The van der Waals surface area contributed by atoms with Crippen LogP contribution < -0.4 is 14.6 Å². The number of carboxylic acids is 1. The summed E-state index contributed by atoms with van der Waals surface area (Å²) in [6.45, 7) is 3.97. The monoisotopic (exact) mass is 391 g/mol. The fourth-order valence-corrected chi connectivity index (χ4v) is 4.52. The van der Waals surface area contributed by atoms with Gasteiger partial charge in [-0.1, -0.05) is 17.4 Å². The van der Waals surface area contributed by atoms with Crippen LogP contribution in [0.1, 0.15) is 22.8 Å². The summed E-state index contributed by atoms with van der Waals surface area (Å²) in [5.41, 5.74) is 0.890. The van der Waals surface area contributed by atoms with Crippen LogP contribution in [0.2, 0.25) is 0 Å². The number of aromatic nitrogens is 1. The van der Waals surface area contributed by atoms with Gasteiger partial charge in [-0.2, -0.15) is 0 Å².